The molecule has 3 aliphatic rings. The smallest absolute Gasteiger partial charge is 0.189 e. The fraction of sp³-hybridized carbons (Fsp3) is 0.708. The van der Waals surface area contributed by atoms with E-state index in [9.17, 15) is 4.79 Å². The summed E-state index contributed by atoms with van der Waals surface area (Å²) < 4.78 is 23.4. The molecule has 0 N–H and O–H groups in total. The molecule has 2 aliphatic carbocycles. The minimum absolute atomic E-state index is 0.0202. The largest absolute Gasteiger partial charge is 0.377 e. The van der Waals surface area contributed by atoms with Crippen molar-refractivity contribution in [2.24, 2.45) is 22.7 Å². The van der Waals surface area contributed by atoms with Gasteiger partial charge in [0, 0.05) is 13.5 Å². The van der Waals surface area contributed by atoms with Gasteiger partial charge in [-0.3, -0.25) is 4.79 Å². The van der Waals surface area contributed by atoms with Gasteiger partial charge >= 0.3 is 0 Å². The van der Waals surface area contributed by atoms with Crippen molar-refractivity contribution in [3.8, 4) is 0 Å². The standard InChI is InChI=1S/C24H34O5/c1-23(2)18-10-11-24(23,3)22-17(18)12-21(29-22)28-20(19(25)14-26-4)15-27-13-16-8-6-5-7-9-16/h5-9,17-18,20-22H,10-15H2,1-4H3/t17-,18+,20-,21-,22-,24-/m0/s1. The van der Waals surface area contributed by atoms with Crippen LogP contribution in [0, 0.1) is 22.7 Å². The number of hydrogen-bond donors (Lipinski definition) is 0. The second kappa shape index (κ2) is 8.10. The summed E-state index contributed by atoms with van der Waals surface area (Å²) in [5, 5.41) is 0. The minimum Gasteiger partial charge on any atom is -0.377 e. The van der Waals surface area contributed by atoms with Crippen LogP contribution in [0.4, 0.5) is 0 Å². The highest BCUT2D eigenvalue weighted by molar-refractivity contribution is 5.84. The van der Waals surface area contributed by atoms with Crippen LogP contribution >= 0.6 is 0 Å². The monoisotopic (exact) mass is 402 g/mol. The molecule has 1 saturated heterocycles. The van der Waals surface area contributed by atoms with Gasteiger partial charge in [0.25, 0.3) is 0 Å². The second-order valence-electron chi connectivity index (χ2n) is 9.69. The molecule has 3 fully saturated rings. The van der Waals surface area contributed by atoms with Crippen molar-refractivity contribution in [2.45, 2.75) is 65.1 Å². The van der Waals surface area contributed by atoms with Gasteiger partial charge in [0.05, 0.1) is 19.3 Å². The lowest BCUT2D eigenvalue weighted by atomic mass is 9.70. The maximum atomic E-state index is 12.5. The minimum atomic E-state index is -0.666. The summed E-state index contributed by atoms with van der Waals surface area (Å²) in [5.41, 5.74) is 1.57. The lowest BCUT2D eigenvalue weighted by Crippen LogP contribution is -2.39. The molecule has 0 unspecified atom stereocenters. The predicted molar refractivity (Wildman–Crippen MR) is 109 cm³/mol. The van der Waals surface area contributed by atoms with E-state index in [-0.39, 0.29) is 36.8 Å². The van der Waals surface area contributed by atoms with Crippen molar-refractivity contribution in [1.29, 1.82) is 0 Å². The topological polar surface area (TPSA) is 54.0 Å². The number of carbonyl (C=O) groups excluding carboxylic acids is 1. The molecule has 6 atom stereocenters. The van der Waals surface area contributed by atoms with Crippen LogP contribution in [0.3, 0.4) is 0 Å². The van der Waals surface area contributed by atoms with E-state index in [0.717, 1.165) is 12.0 Å². The Labute approximate surface area is 174 Å². The van der Waals surface area contributed by atoms with E-state index in [4.69, 9.17) is 18.9 Å². The van der Waals surface area contributed by atoms with Crippen molar-refractivity contribution < 1.29 is 23.7 Å². The molecule has 5 nitrogen and oxygen atoms in total. The van der Waals surface area contributed by atoms with Gasteiger partial charge in [-0.25, -0.2) is 0 Å². The highest BCUT2D eigenvalue weighted by Gasteiger charge is 2.69. The predicted octanol–water partition coefficient (Wildman–Crippen LogP) is 3.99. The van der Waals surface area contributed by atoms with Crippen molar-refractivity contribution >= 4 is 5.78 Å². The van der Waals surface area contributed by atoms with E-state index in [1.165, 1.54) is 20.0 Å². The van der Waals surface area contributed by atoms with Gasteiger partial charge in [0.1, 0.15) is 12.7 Å². The molecule has 1 aromatic rings. The normalized spacial score (nSPS) is 35.6. The van der Waals surface area contributed by atoms with E-state index in [1.54, 1.807) is 0 Å². The molecule has 1 heterocycles. The molecule has 0 radical (unpaired) electrons. The zero-order chi connectivity index (χ0) is 20.6. The van der Waals surface area contributed by atoms with Crippen LogP contribution in [0.5, 0.6) is 0 Å². The number of carbonyl (C=O) groups is 1. The zero-order valence-corrected chi connectivity index (χ0v) is 18.1. The number of fused-ring (bicyclic) bond motifs is 5. The maximum absolute atomic E-state index is 12.5. The van der Waals surface area contributed by atoms with Crippen molar-refractivity contribution in [3.63, 3.8) is 0 Å². The Kier molecular flexibility index (Phi) is 5.86. The number of methoxy groups -OCH3 is 1. The van der Waals surface area contributed by atoms with E-state index >= 15 is 0 Å². The third kappa shape index (κ3) is 3.67. The molecule has 2 saturated carbocycles. The summed E-state index contributed by atoms with van der Waals surface area (Å²) >= 11 is 0. The van der Waals surface area contributed by atoms with Crippen LogP contribution in [-0.4, -0.2) is 44.6 Å². The lowest BCUT2D eigenvalue weighted by Gasteiger charge is -2.38. The summed E-state index contributed by atoms with van der Waals surface area (Å²) in [7, 11) is 1.52. The van der Waals surface area contributed by atoms with Crippen molar-refractivity contribution in [1.82, 2.24) is 0 Å². The number of rotatable bonds is 9. The zero-order valence-electron chi connectivity index (χ0n) is 18.1. The number of benzene rings is 1. The maximum Gasteiger partial charge on any atom is 0.189 e. The highest BCUT2D eigenvalue weighted by atomic mass is 16.7. The molecule has 5 heteroatoms. The van der Waals surface area contributed by atoms with Gasteiger partial charge < -0.3 is 18.9 Å². The fourth-order valence-corrected chi connectivity index (χ4v) is 6.06. The number of hydrogen-bond acceptors (Lipinski definition) is 5. The van der Waals surface area contributed by atoms with E-state index in [0.29, 0.717) is 23.9 Å². The Morgan fingerprint density at radius 3 is 2.69 bits per heavy atom. The molecule has 1 aromatic carbocycles. The van der Waals surface area contributed by atoms with Crippen LogP contribution in [0.15, 0.2) is 30.3 Å². The SMILES string of the molecule is COCC(=O)[C@H](COCc1ccccc1)O[C@@H]1C[C@H]2[C@H]3CC[C@@](C)([C@H]2O1)C3(C)C. The summed E-state index contributed by atoms with van der Waals surface area (Å²) in [6.07, 6.45) is 2.57. The first-order chi connectivity index (χ1) is 13.9. The molecule has 2 bridgehead atoms. The molecule has 0 aromatic heterocycles. The molecule has 160 valence electrons. The van der Waals surface area contributed by atoms with Crippen LogP contribution in [-0.2, 0) is 30.3 Å². The van der Waals surface area contributed by atoms with Gasteiger partial charge in [-0.15, -0.1) is 0 Å². The van der Waals surface area contributed by atoms with Gasteiger partial charge in [0.15, 0.2) is 12.1 Å². The summed E-state index contributed by atoms with van der Waals surface area (Å²) in [5.74, 6) is 1.10. The van der Waals surface area contributed by atoms with Crippen LogP contribution in [0.1, 0.15) is 45.6 Å². The molecule has 4 rings (SSSR count). The van der Waals surface area contributed by atoms with Crippen LogP contribution in [0.2, 0.25) is 0 Å². The Hall–Kier alpha value is -1.27. The first-order valence-corrected chi connectivity index (χ1v) is 10.8. The van der Waals surface area contributed by atoms with Gasteiger partial charge in [0.2, 0.25) is 0 Å². The van der Waals surface area contributed by atoms with Crippen molar-refractivity contribution in [3.05, 3.63) is 35.9 Å². The van der Waals surface area contributed by atoms with Gasteiger partial charge in [-0.05, 0) is 41.1 Å². The van der Waals surface area contributed by atoms with E-state index in [1.807, 2.05) is 30.3 Å². The Bertz CT molecular complexity index is 717. The van der Waals surface area contributed by atoms with Crippen LogP contribution < -0.4 is 0 Å². The highest BCUT2D eigenvalue weighted by Crippen LogP contribution is 2.71. The average molecular weight is 403 g/mol. The third-order valence-electron chi connectivity index (χ3n) is 8.01. The molecule has 1 aliphatic heterocycles. The lowest BCUT2D eigenvalue weighted by molar-refractivity contribution is -0.198. The number of ether oxygens (including phenoxy) is 4. The summed E-state index contributed by atoms with van der Waals surface area (Å²) in [4.78, 5) is 12.5. The molecule has 29 heavy (non-hydrogen) atoms. The van der Waals surface area contributed by atoms with Crippen LogP contribution in [0.25, 0.3) is 0 Å². The Morgan fingerprint density at radius 2 is 2.00 bits per heavy atom. The second-order valence-corrected chi connectivity index (χ2v) is 9.69. The first kappa shape index (κ1) is 21.0. The Balaban J connectivity index is 1.37. The quantitative estimate of drug-likeness (QED) is 0.625. The van der Waals surface area contributed by atoms with E-state index < -0.39 is 6.10 Å². The number of ketones is 1. The first-order valence-electron chi connectivity index (χ1n) is 10.8. The van der Waals surface area contributed by atoms with Gasteiger partial charge in [-0.2, -0.15) is 0 Å². The fourth-order valence-electron chi connectivity index (χ4n) is 6.06. The van der Waals surface area contributed by atoms with Crippen molar-refractivity contribution in [2.75, 3.05) is 20.3 Å². The molecular formula is C24H34O5. The van der Waals surface area contributed by atoms with E-state index in [2.05, 4.69) is 20.8 Å². The van der Waals surface area contributed by atoms with Gasteiger partial charge in [-0.1, -0.05) is 51.1 Å². The number of Topliss-reactive ketones (excluding diaryl/α,β-unsaturated/α-hetero) is 1. The molecular weight excluding hydrogens is 368 g/mol. The summed E-state index contributed by atoms with van der Waals surface area (Å²) in [6.45, 7) is 7.84. The molecule has 0 amide bonds. The average Bonchev–Trinajstić information content (AvgIpc) is 3.26. The third-order valence-corrected chi connectivity index (χ3v) is 8.01. The summed E-state index contributed by atoms with van der Waals surface area (Å²) in [6, 6.07) is 9.94. The molecule has 0 spiro atoms. The Morgan fingerprint density at radius 1 is 1.24 bits per heavy atom.